The van der Waals surface area contributed by atoms with Crippen molar-refractivity contribution in [2.75, 3.05) is 25.0 Å². The maximum atomic E-state index is 12.4. The van der Waals surface area contributed by atoms with Crippen molar-refractivity contribution >= 4 is 27.5 Å². The number of hydrogen-bond donors (Lipinski definition) is 2. The number of likely N-dealkylation sites (tertiary alicyclic amines) is 1. The predicted octanol–water partition coefficient (Wildman–Crippen LogP) is 0.697. The molecule has 0 spiro atoms. The summed E-state index contributed by atoms with van der Waals surface area (Å²) in [6, 6.07) is 4.27. The molecule has 136 valence electrons. The highest BCUT2D eigenvalue weighted by molar-refractivity contribution is 7.89. The lowest BCUT2D eigenvalue weighted by Gasteiger charge is -2.23. The van der Waals surface area contributed by atoms with Crippen LogP contribution in [0.4, 0.5) is 5.69 Å². The molecule has 8 nitrogen and oxygen atoms in total. The molecule has 0 aliphatic carbocycles. The van der Waals surface area contributed by atoms with Gasteiger partial charge in [0, 0.05) is 26.1 Å². The Morgan fingerprint density at radius 2 is 2.08 bits per heavy atom. The molecule has 2 N–H and O–H groups in total. The van der Waals surface area contributed by atoms with Gasteiger partial charge >= 0.3 is 0 Å². The second kappa shape index (κ2) is 7.01. The summed E-state index contributed by atoms with van der Waals surface area (Å²) in [7, 11) is -3.77. The molecule has 2 amide bonds. The number of carbonyl (C=O) groups is 2. The smallest absolute Gasteiger partial charge is 0.265 e. The van der Waals surface area contributed by atoms with E-state index in [0.29, 0.717) is 11.4 Å². The number of carbonyl (C=O) groups excluding carboxylic acids is 2. The quantitative estimate of drug-likeness (QED) is 0.797. The van der Waals surface area contributed by atoms with Gasteiger partial charge in [-0.05, 0) is 38.0 Å². The minimum atomic E-state index is -3.77. The van der Waals surface area contributed by atoms with Crippen LogP contribution in [0.15, 0.2) is 23.1 Å². The van der Waals surface area contributed by atoms with Crippen LogP contribution >= 0.6 is 0 Å². The lowest BCUT2D eigenvalue weighted by Crippen LogP contribution is -2.35. The summed E-state index contributed by atoms with van der Waals surface area (Å²) in [6.45, 7) is 3.14. The zero-order chi connectivity index (χ0) is 18.0. The first kappa shape index (κ1) is 17.7. The molecular formula is C16H21N3O5S. The van der Waals surface area contributed by atoms with Crippen LogP contribution in [0, 0.1) is 0 Å². The highest BCUT2D eigenvalue weighted by Gasteiger charge is 2.26. The van der Waals surface area contributed by atoms with Gasteiger partial charge in [-0.2, -0.15) is 0 Å². The van der Waals surface area contributed by atoms with Gasteiger partial charge in [-0.3, -0.25) is 9.59 Å². The predicted molar refractivity (Wildman–Crippen MR) is 90.8 cm³/mol. The third kappa shape index (κ3) is 3.93. The third-order valence-corrected chi connectivity index (χ3v) is 5.74. The van der Waals surface area contributed by atoms with Crippen molar-refractivity contribution in [2.24, 2.45) is 0 Å². The minimum absolute atomic E-state index is 0.0123. The summed E-state index contributed by atoms with van der Waals surface area (Å²) < 4.78 is 32.6. The van der Waals surface area contributed by atoms with Crippen molar-refractivity contribution in [3.05, 3.63) is 18.2 Å². The molecule has 25 heavy (non-hydrogen) atoms. The van der Waals surface area contributed by atoms with E-state index in [4.69, 9.17) is 4.74 Å². The fourth-order valence-electron chi connectivity index (χ4n) is 2.86. The molecule has 1 fully saturated rings. The van der Waals surface area contributed by atoms with Gasteiger partial charge in [-0.1, -0.05) is 0 Å². The molecule has 1 aromatic carbocycles. The number of fused-ring (bicyclic) bond motifs is 1. The van der Waals surface area contributed by atoms with Gasteiger partial charge in [-0.25, -0.2) is 13.1 Å². The Kier molecular flexibility index (Phi) is 4.96. The van der Waals surface area contributed by atoms with E-state index in [-0.39, 0.29) is 29.7 Å². The number of nitrogens with zero attached hydrogens (tertiary/aromatic N) is 1. The molecule has 2 aliphatic heterocycles. The standard InChI is InChI=1S/C16H21N3O5S/c1-11-16(21)18-13-10-12(4-5-14(13)24-11)25(22,23)17-7-6-15(20)19-8-2-3-9-19/h4-5,10-11,17H,2-3,6-9H2,1H3,(H,18,21)/t11-/m0/s1. The Labute approximate surface area is 146 Å². The first-order chi connectivity index (χ1) is 11.9. The molecule has 1 saturated heterocycles. The lowest BCUT2D eigenvalue weighted by atomic mass is 10.2. The number of amides is 2. The molecule has 0 bridgehead atoms. The number of rotatable bonds is 5. The summed E-state index contributed by atoms with van der Waals surface area (Å²) in [5.41, 5.74) is 0.319. The van der Waals surface area contributed by atoms with E-state index in [2.05, 4.69) is 10.0 Å². The van der Waals surface area contributed by atoms with Crippen LogP contribution in [-0.4, -0.2) is 50.9 Å². The van der Waals surface area contributed by atoms with E-state index >= 15 is 0 Å². The Balaban J connectivity index is 1.63. The molecular weight excluding hydrogens is 346 g/mol. The zero-order valence-electron chi connectivity index (χ0n) is 13.9. The Hall–Kier alpha value is -2.13. The highest BCUT2D eigenvalue weighted by Crippen LogP contribution is 2.31. The molecule has 0 radical (unpaired) electrons. The van der Waals surface area contributed by atoms with Crippen molar-refractivity contribution in [1.82, 2.24) is 9.62 Å². The van der Waals surface area contributed by atoms with Crippen LogP contribution in [0.3, 0.4) is 0 Å². The normalized spacial score (nSPS) is 20.0. The molecule has 0 unspecified atom stereocenters. The van der Waals surface area contributed by atoms with Crippen LogP contribution in [0.25, 0.3) is 0 Å². The number of hydrogen-bond acceptors (Lipinski definition) is 5. The zero-order valence-corrected chi connectivity index (χ0v) is 14.8. The molecule has 3 rings (SSSR count). The average Bonchev–Trinajstić information content (AvgIpc) is 3.10. The summed E-state index contributed by atoms with van der Waals surface area (Å²) in [4.78, 5) is 25.4. The van der Waals surface area contributed by atoms with Crippen LogP contribution in [0.2, 0.25) is 0 Å². The maximum Gasteiger partial charge on any atom is 0.265 e. The van der Waals surface area contributed by atoms with Crippen molar-refractivity contribution in [3.8, 4) is 5.75 Å². The van der Waals surface area contributed by atoms with Gasteiger partial charge in [0.05, 0.1) is 10.6 Å². The fraction of sp³-hybridized carbons (Fsp3) is 0.500. The Morgan fingerprint density at radius 1 is 1.36 bits per heavy atom. The van der Waals surface area contributed by atoms with Gasteiger partial charge in [0.2, 0.25) is 15.9 Å². The molecule has 0 saturated carbocycles. The third-order valence-electron chi connectivity index (χ3n) is 4.28. The number of sulfonamides is 1. The summed E-state index contributed by atoms with van der Waals surface area (Å²) in [5, 5.41) is 2.62. The molecule has 1 aromatic rings. The largest absolute Gasteiger partial charge is 0.479 e. The lowest BCUT2D eigenvalue weighted by molar-refractivity contribution is -0.130. The maximum absolute atomic E-state index is 12.4. The van der Waals surface area contributed by atoms with E-state index in [1.165, 1.54) is 18.2 Å². The number of benzene rings is 1. The SMILES string of the molecule is C[C@@H]1Oc2ccc(S(=O)(=O)NCCC(=O)N3CCCC3)cc2NC1=O. The van der Waals surface area contributed by atoms with Crippen LogP contribution in [0.1, 0.15) is 26.2 Å². The van der Waals surface area contributed by atoms with Crippen molar-refractivity contribution in [1.29, 1.82) is 0 Å². The van der Waals surface area contributed by atoms with E-state index in [0.717, 1.165) is 25.9 Å². The van der Waals surface area contributed by atoms with Gasteiger partial charge < -0.3 is 15.0 Å². The molecule has 0 aromatic heterocycles. The number of ether oxygens (including phenoxy) is 1. The van der Waals surface area contributed by atoms with E-state index in [9.17, 15) is 18.0 Å². The van der Waals surface area contributed by atoms with Gasteiger partial charge in [0.1, 0.15) is 5.75 Å². The minimum Gasteiger partial charge on any atom is -0.479 e. The van der Waals surface area contributed by atoms with Crippen molar-refractivity contribution in [2.45, 2.75) is 37.2 Å². The summed E-state index contributed by atoms with van der Waals surface area (Å²) in [6.07, 6.45) is 1.50. The van der Waals surface area contributed by atoms with Crippen molar-refractivity contribution < 1.29 is 22.7 Å². The summed E-state index contributed by atoms with van der Waals surface area (Å²) >= 11 is 0. The fourth-order valence-corrected chi connectivity index (χ4v) is 3.91. The average molecular weight is 367 g/mol. The number of anilines is 1. The Bertz CT molecular complexity index is 787. The second-order valence-corrected chi connectivity index (χ2v) is 7.91. The first-order valence-electron chi connectivity index (χ1n) is 8.26. The van der Waals surface area contributed by atoms with Crippen LogP contribution < -0.4 is 14.8 Å². The van der Waals surface area contributed by atoms with Gasteiger partial charge in [-0.15, -0.1) is 0 Å². The molecule has 2 heterocycles. The first-order valence-corrected chi connectivity index (χ1v) is 9.74. The highest BCUT2D eigenvalue weighted by atomic mass is 32.2. The van der Waals surface area contributed by atoms with E-state index in [1.807, 2.05) is 0 Å². The monoisotopic (exact) mass is 367 g/mol. The second-order valence-electron chi connectivity index (χ2n) is 6.14. The topological polar surface area (TPSA) is 105 Å². The number of nitrogens with one attached hydrogen (secondary N) is 2. The summed E-state index contributed by atoms with van der Waals surface area (Å²) in [5.74, 6) is 0.0572. The van der Waals surface area contributed by atoms with Gasteiger partial charge in [0.15, 0.2) is 6.10 Å². The molecule has 2 aliphatic rings. The van der Waals surface area contributed by atoms with Crippen LogP contribution in [0.5, 0.6) is 5.75 Å². The van der Waals surface area contributed by atoms with E-state index < -0.39 is 16.1 Å². The van der Waals surface area contributed by atoms with Crippen LogP contribution in [-0.2, 0) is 19.6 Å². The van der Waals surface area contributed by atoms with Crippen molar-refractivity contribution in [3.63, 3.8) is 0 Å². The molecule has 1 atom stereocenters. The Morgan fingerprint density at radius 3 is 2.80 bits per heavy atom. The van der Waals surface area contributed by atoms with E-state index in [1.54, 1.807) is 11.8 Å². The molecule has 9 heteroatoms. The van der Waals surface area contributed by atoms with Gasteiger partial charge in [0.25, 0.3) is 5.91 Å².